The number of rotatable bonds is 7. The SMILES string of the molecule is C=C(N)NC(=O)Cc1c(C)ccc(C(/C=C(\C)CC)=C/N=CC)c1Cl. The predicted molar refractivity (Wildman–Crippen MR) is 108 cm³/mol. The first-order valence-corrected chi connectivity index (χ1v) is 8.55. The van der Waals surface area contributed by atoms with Gasteiger partial charge in [-0.2, -0.15) is 0 Å². The number of aryl methyl sites for hydroxylation is 1. The standard InChI is InChI=1S/C20H26ClN3O/c1-6-13(3)10-16(12-23-7-2)17-9-8-14(4)18(20(17)21)11-19(25)24-15(5)22/h7-10,12H,5-6,11,22H2,1-4H3,(H,24,25)/b13-10+,16-12+,23-7?. The smallest absolute Gasteiger partial charge is 0.229 e. The number of allylic oxidation sites excluding steroid dienone is 3. The molecule has 0 saturated heterocycles. The Morgan fingerprint density at radius 2 is 2.12 bits per heavy atom. The molecule has 3 N–H and O–H groups in total. The van der Waals surface area contributed by atoms with E-state index in [1.807, 2.05) is 26.0 Å². The van der Waals surface area contributed by atoms with Crippen LogP contribution in [-0.2, 0) is 11.2 Å². The van der Waals surface area contributed by atoms with E-state index >= 15 is 0 Å². The van der Waals surface area contributed by atoms with Gasteiger partial charge in [-0.15, -0.1) is 0 Å². The van der Waals surface area contributed by atoms with Gasteiger partial charge in [-0.3, -0.25) is 9.79 Å². The van der Waals surface area contributed by atoms with Gasteiger partial charge in [0.2, 0.25) is 5.91 Å². The van der Waals surface area contributed by atoms with Crippen molar-refractivity contribution in [3.8, 4) is 0 Å². The van der Waals surface area contributed by atoms with Crippen molar-refractivity contribution < 1.29 is 4.79 Å². The number of nitrogens with two attached hydrogens (primary N) is 1. The largest absolute Gasteiger partial charge is 0.386 e. The number of hydrogen-bond donors (Lipinski definition) is 2. The summed E-state index contributed by atoms with van der Waals surface area (Å²) in [5.41, 5.74) is 10.1. The van der Waals surface area contributed by atoms with Gasteiger partial charge in [0.15, 0.2) is 0 Å². The Balaban J connectivity index is 3.38. The molecule has 0 heterocycles. The second-order valence-corrected chi connectivity index (χ2v) is 6.19. The highest BCUT2D eigenvalue weighted by molar-refractivity contribution is 6.33. The summed E-state index contributed by atoms with van der Waals surface area (Å²) in [5.74, 6) is -0.124. The second kappa shape index (κ2) is 9.84. The third-order valence-corrected chi connectivity index (χ3v) is 4.18. The summed E-state index contributed by atoms with van der Waals surface area (Å²) < 4.78 is 0. The Bertz CT molecular complexity index is 746. The van der Waals surface area contributed by atoms with E-state index in [0.29, 0.717) is 5.02 Å². The first-order chi connectivity index (χ1) is 11.8. The van der Waals surface area contributed by atoms with Crippen molar-refractivity contribution in [3.63, 3.8) is 0 Å². The normalized spacial score (nSPS) is 12.5. The molecule has 4 nitrogen and oxygen atoms in total. The van der Waals surface area contributed by atoms with Crippen LogP contribution in [-0.4, -0.2) is 12.1 Å². The summed E-state index contributed by atoms with van der Waals surface area (Å²) in [6.07, 6.45) is 6.63. The van der Waals surface area contributed by atoms with Gasteiger partial charge in [-0.05, 0) is 38.3 Å². The molecule has 0 saturated carbocycles. The van der Waals surface area contributed by atoms with Crippen molar-refractivity contribution in [1.29, 1.82) is 0 Å². The van der Waals surface area contributed by atoms with Gasteiger partial charge < -0.3 is 11.1 Å². The van der Waals surface area contributed by atoms with Gasteiger partial charge in [0, 0.05) is 23.6 Å². The molecule has 0 aromatic heterocycles. The van der Waals surface area contributed by atoms with Crippen LogP contribution in [0.2, 0.25) is 5.02 Å². The number of carbonyl (C=O) groups is 1. The van der Waals surface area contributed by atoms with Crippen LogP contribution < -0.4 is 11.1 Å². The summed E-state index contributed by atoms with van der Waals surface area (Å²) in [5, 5.41) is 3.06. The van der Waals surface area contributed by atoms with Gasteiger partial charge in [0.1, 0.15) is 0 Å². The predicted octanol–water partition coefficient (Wildman–Crippen LogP) is 4.52. The van der Waals surface area contributed by atoms with Crippen LogP contribution in [0, 0.1) is 6.92 Å². The lowest BCUT2D eigenvalue weighted by Gasteiger charge is -2.14. The topological polar surface area (TPSA) is 67.5 Å². The van der Waals surface area contributed by atoms with Crippen LogP contribution in [0.4, 0.5) is 0 Å². The Morgan fingerprint density at radius 1 is 1.44 bits per heavy atom. The van der Waals surface area contributed by atoms with E-state index in [-0.39, 0.29) is 18.1 Å². The van der Waals surface area contributed by atoms with E-state index < -0.39 is 0 Å². The maximum absolute atomic E-state index is 12.0. The molecule has 0 radical (unpaired) electrons. The number of benzene rings is 1. The molecule has 0 aliphatic heterocycles. The molecule has 0 spiro atoms. The maximum atomic E-state index is 12.0. The Morgan fingerprint density at radius 3 is 2.68 bits per heavy atom. The molecule has 0 bridgehead atoms. The summed E-state index contributed by atoms with van der Waals surface area (Å²) >= 11 is 6.64. The van der Waals surface area contributed by atoms with Gasteiger partial charge in [0.25, 0.3) is 0 Å². The highest BCUT2D eigenvalue weighted by Crippen LogP contribution is 2.31. The molecule has 0 fully saturated rings. The summed E-state index contributed by atoms with van der Waals surface area (Å²) in [6.45, 7) is 11.4. The lowest BCUT2D eigenvalue weighted by Crippen LogP contribution is -2.28. The molecule has 1 amide bonds. The molecular formula is C20H26ClN3O. The summed E-state index contributed by atoms with van der Waals surface area (Å²) in [4.78, 5) is 16.3. The van der Waals surface area contributed by atoms with Crippen LogP contribution in [0.1, 0.15) is 43.9 Å². The highest BCUT2D eigenvalue weighted by atomic mass is 35.5. The molecule has 25 heavy (non-hydrogen) atoms. The average Bonchev–Trinajstić information content (AvgIpc) is 2.54. The molecule has 134 valence electrons. The third kappa shape index (κ3) is 6.24. The van der Waals surface area contributed by atoms with Crippen molar-refractivity contribution >= 4 is 29.3 Å². The van der Waals surface area contributed by atoms with Crippen molar-refractivity contribution in [2.24, 2.45) is 10.7 Å². The van der Waals surface area contributed by atoms with Crippen molar-refractivity contribution in [3.05, 3.63) is 64.1 Å². The minimum Gasteiger partial charge on any atom is -0.386 e. The number of nitrogens with one attached hydrogen (secondary N) is 1. The fraction of sp³-hybridized carbons (Fsp3) is 0.300. The molecule has 0 aliphatic rings. The number of carbonyl (C=O) groups excluding carboxylic acids is 1. The zero-order chi connectivity index (χ0) is 19.0. The zero-order valence-corrected chi connectivity index (χ0v) is 16.1. The minimum absolute atomic E-state index is 0.120. The number of nitrogens with zero attached hydrogens (tertiary/aromatic N) is 1. The van der Waals surface area contributed by atoms with Gasteiger partial charge >= 0.3 is 0 Å². The maximum Gasteiger partial charge on any atom is 0.229 e. The van der Waals surface area contributed by atoms with Crippen LogP contribution in [0.25, 0.3) is 5.57 Å². The molecular weight excluding hydrogens is 334 g/mol. The number of aliphatic imine (C=N–C) groups is 1. The monoisotopic (exact) mass is 359 g/mol. The van der Waals surface area contributed by atoms with Crippen LogP contribution >= 0.6 is 11.6 Å². The molecule has 0 unspecified atom stereocenters. The summed E-state index contributed by atoms with van der Waals surface area (Å²) in [6, 6.07) is 3.91. The van der Waals surface area contributed by atoms with E-state index in [0.717, 1.165) is 28.7 Å². The lowest BCUT2D eigenvalue weighted by atomic mass is 9.96. The average molecular weight is 360 g/mol. The van der Waals surface area contributed by atoms with E-state index in [1.165, 1.54) is 5.57 Å². The first kappa shape index (κ1) is 20.7. The molecule has 0 aliphatic carbocycles. The van der Waals surface area contributed by atoms with Crippen LogP contribution in [0.3, 0.4) is 0 Å². The van der Waals surface area contributed by atoms with Gasteiger partial charge in [0.05, 0.1) is 17.3 Å². The number of amides is 1. The number of hydrogen-bond acceptors (Lipinski definition) is 3. The molecule has 0 atom stereocenters. The van der Waals surface area contributed by atoms with Crippen LogP contribution in [0.15, 0.2) is 47.4 Å². The quantitative estimate of drug-likeness (QED) is 0.555. The van der Waals surface area contributed by atoms with E-state index in [1.54, 1.807) is 12.4 Å². The van der Waals surface area contributed by atoms with E-state index in [2.05, 4.69) is 36.8 Å². The Kier molecular flexibility index (Phi) is 8.16. The highest BCUT2D eigenvalue weighted by Gasteiger charge is 2.15. The lowest BCUT2D eigenvalue weighted by molar-refractivity contribution is -0.119. The van der Waals surface area contributed by atoms with Crippen molar-refractivity contribution in [2.75, 3.05) is 0 Å². The molecule has 5 heteroatoms. The minimum atomic E-state index is -0.243. The van der Waals surface area contributed by atoms with E-state index in [9.17, 15) is 4.79 Å². The summed E-state index contributed by atoms with van der Waals surface area (Å²) in [7, 11) is 0. The second-order valence-electron chi connectivity index (χ2n) is 5.81. The Labute approximate surface area is 155 Å². The van der Waals surface area contributed by atoms with Crippen molar-refractivity contribution in [2.45, 2.75) is 40.5 Å². The third-order valence-electron chi connectivity index (χ3n) is 3.75. The van der Waals surface area contributed by atoms with Gasteiger partial charge in [-0.25, -0.2) is 0 Å². The molecule has 1 aromatic carbocycles. The van der Waals surface area contributed by atoms with E-state index in [4.69, 9.17) is 17.3 Å². The Hall–Kier alpha value is -2.33. The fourth-order valence-electron chi connectivity index (χ4n) is 2.25. The first-order valence-electron chi connectivity index (χ1n) is 8.17. The fourth-order valence-corrected chi connectivity index (χ4v) is 2.64. The number of halogens is 1. The van der Waals surface area contributed by atoms with Crippen molar-refractivity contribution in [1.82, 2.24) is 5.32 Å². The zero-order valence-electron chi connectivity index (χ0n) is 15.3. The van der Waals surface area contributed by atoms with Crippen LogP contribution in [0.5, 0.6) is 0 Å². The molecule has 1 rings (SSSR count). The van der Waals surface area contributed by atoms with Gasteiger partial charge in [-0.1, -0.05) is 48.9 Å². The molecule has 1 aromatic rings.